The van der Waals surface area contributed by atoms with Crippen LogP contribution in [0.4, 0.5) is 29.3 Å². The molecule has 0 bridgehead atoms. The fourth-order valence-corrected chi connectivity index (χ4v) is 4.44. The molecule has 186 valence electrons. The largest absolute Gasteiger partial charge is 0.497 e. The molecule has 0 spiro atoms. The molecule has 0 aliphatic carbocycles. The molecule has 37 heavy (non-hydrogen) atoms. The highest BCUT2D eigenvalue weighted by Crippen LogP contribution is 2.33. The summed E-state index contributed by atoms with van der Waals surface area (Å²) in [6.45, 7) is 0.193. The highest BCUT2D eigenvalue weighted by Gasteiger charge is 2.30. The van der Waals surface area contributed by atoms with E-state index in [-0.39, 0.29) is 12.2 Å². The third-order valence-electron chi connectivity index (χ3n) is 6.27. The molecule has 0 radical (unpaired) electrons. The summed E-state index contributed by atoms with van der Waals surface area (Å²) in [7, 11) is 1.55. The summed E-state index contributed by atoms with van der Waals surface area (Å²) in [5, 5.41) is 6.70. The number of amides is 2. The van der Waals surface area contributed by atoms with Crippen LogP contribution in [0.2, 0.25) is 0 Å². The summed E-state index contributed by atoms with van der Waals surface area (Å²) in [6, 6.07) is 29.0. The van der Waals surface area contributed by atoms with Crippen LogP contribution >= 0.6 is 0 Å². The number of nitrogens with one attached hydrogen (secondary N) is 1. The van der Waals surface area contributed by atoms with E-state index in [9.17, 15) is 18.0 Å². The van der Waals surface area contributed by atoms with Crippen LogP contribution in [0, 0.1) is 0 Å². The molecule has 7 heteroatoms. The van der Waals surface area contributed by atoms with Crippen molar-refractivity contribution in [3.8, 4) is 5.75 Å². The number of rotatable bonds is 5. The second kappa shape index (κ2) is 9.85. The van der Waals surface area contributed by atoms with Gasteiger partial charge in [0.25, 0.3) is 0 Å². The van der Waals surface area contributed by atoms with Crippen LogP contribution < -0.4 is 15.0 Å². The van der Waals surface area contributed by atoms with Crippen molar-refractivity contribution in [1.29, 1.82) is 0 Å². The van der Waals surface area contributed by atoms with Crippen LogP contribution in [-0.2, 0) is 12.7 Å². The minimum Gasteiger partial charge on any atom is -0.497 e. The minimum atomic E-state index is -4.52. The maximum absolute atomic E-state index is 13.6. The van der Waals surface area contributed by atoms with Gasteiger partial charge in [0.15, 0.2) is 0 Å². The Labute approximate surface area is 211 Å². The average molecular weight is 501 g/mol. The lowest BCUT2D eigenvalue weighted by atomic mass is 9.96. The van der Waals surface area contributed by atoms with Crippen molar-refractivity contribution in [1.82, 2.24) is 0 Å². The Morgan fingerprint density at radius 1 is 0.811 bits per heavy atom. The predicted molar refractivity (Wildman–Crippen MR) is 141 cm³/mol. The summed E-state index contributed by atoms with van der Waals surface area (Å²) >= 11 is 0. The fourth-order valence-electron chi connectivity index (χ4n) is 4.44. The minimum absolute atomic E-state index is 0.0566. The van der Waals surface area contributed by atoms with Gasteiger partial charge in [-0.3, -0.25) is 4.90 Å². The number of ether oxygens (including phenoxy) is 1. The fraction of sp³-hybridized carbons (Fsp3) is 0.100. The zero-order chi connectivity index (χ0) is 26.0. The van der Waals surface area contributed by atoms with Gasteiger partial charge >= 0.3 is 12.2 Å². The standard InChI is InChI=1S/C30H23F3N2O2/c1-37-25-15-13-24(14-16-25)35(29(36)34-23-10-6-9-22(18-23)30(31,32)33)19-28-26-11-4-2-7-20(26)17-21-8-3-5-12-27(21)28/h2-18H,19H2,1H3,(H,34,36). The van der Waals surface area contributed by atoms with Crippen LogP contribution in [0.5, 0.6) is 5.75 Å². The molecule has 5 aromatic rings. The highest BCUT2D eigenvalue weighted by atomic mass is 19.4. The predicted octanol–water partition coefficient (Wildman–Crippen LogP) is 8.26. The second-order valence-electron chi connectivity index (χ2n) is 8.59. The van der Waals surface area contributed by atoms with Crippen LogP contribution in [0.25, 0.3) is 21.5 Å². The molecule has 1 N–H and O–H groups in total. The Balaban J connectivity index is 1.59. The highest BCUT2D eigenvalue weighted by molar-refractivity contribution is 6.05. The van der Waals surface area contributed by atoms with Crippen molar-refractivity contribution in [2.75, 3.05) is 17.3 Å². The molecule has 0 heterocycles. The number of fused-ring (bicyclic) bond motifs is 2. The molecular weight excluding hydrogens is 477 g/mol. The van der Waals surface area contributed by atoms with Crippen LogP contribution in [0.3, 0.4) is 0 Å². The Morgan fingerprint density at radius 3 is 2.03 bits per heavy atom. The number of carbonyl (C=O) groups excluding carboxylic acids is 1. The monoisotopic (exact) mass is 500 g/mol. The van der Waals surface area contributed by atoms with Gasteiger partial charge in [0.2, 0.25) is 0 Å². The number of anilines is 2. The first kappa shape index (κ1) is 24.2. The molecule has 0 atom stereocenters. The first-order valence-electron chi connectivity index (χ1n) is 11.6. The van der Waals surface area contributed by atoms with E-state index in [4.69, 9.17) is 4.74 Å². The Kier molecular flexibility index (Phi) is 6.44. The van der Waals surface area contributed by atoms with E-state index < -0.39 is 17.8 Å². The number of benzene rings is 5. The van der Waals surface area contributed by atoms with Gasteiger partial charge in [0.1, 0.15) is 5.75 Å². The third-order valence-corrected chi connectivity index (χ3v) is 6.27. The van der Waals surface area contributed by atoms with Gasteiger partial charge in [-0.2, -0.15) is 13.2 Å². The van der Waals surface area contributed by atoms with E-state index >= 15 is 0 Å². The van der Waals surface area contributed by atoms with Gasteiger partial charge in [0.05, 0.1) is 19.2 Å². The molecule has 0 aromatic heterocycles. The molecule has 0 aliphatic heterocycles. The van der Waals surface area contributed by atoms with E-state index in [0.717, 1.165) is 39.2 Å². The number of hydrogen-bond acceptors (Lipinski definition) is 2. The molecule has 0 unspecified atom stereocenters. The van der Waals surface area contributed by atoms with Gasteiger partial charge in [-0.05, 0) is 75.6 Å². The lowest BCUT2D eigenvalue weighted by Crippen LogP contribution is -2.34. The van der Waals surface area contributed by atoms with Gasteiger partial charge in [-0.25, -0.2) is 4.79 Å². The van der Waals surface area contributed by atoms with E-state index in [1.165, 1.54) is 17.0 Å². The lowest BCUT2D eigenvalue weighted by Gasteiger charge is -2.25. The number of urea groups is 1. The van der Waals surface area contributed by atoms with Crippen LogP contribution in [0.15, 0.2) is 103 Å². The van der Waals surface area contributed by atoms with Crippen molar-refractivity contribution >= 4 is 39.0 Å². The molecular formula is C30H23F3N2O2. The summed E-state index contributed by atoms with van der Waals surface area (Å²) in [4.78, 5) is 15.1. The van der Waals surface area contributed by atoms with E-state index in [1.54, 1.807) is 31.4 Å². The van der Waals surface area contributed by atoms with Crippen LogP contribution in [0.1, 0.15) is 11.1 Å². The smallest absolute Gasteiger partial charge is 0.416 e. The number of alkyl halides is 3. The molecule has 0 saturated heterocycles. The molecule has 4 nitrogen and oxygen atoms in total. The first-order valence-corrected chi connectivity index (χ1v) is 11.6. The van der Waals surface area contributed by atoms with Crippen molar-refractivity contribution in [3.05, 3.63) is 114 Å². The van der Waals surface area contributed by atoms with E-state index in [2.05, 4.69) is 11.4 Å². The van der Waals surface area contributed by atoms with Gasteiger partial charge < -0.3 is 10.1 Å². The summed E-state index contributed by atoms with van der Waals surface area (Å²) in [5.41, 5.74) is 0.730. The first-order chi connectivity index (χ1) is 17.8. The van der Waals surface area contributed by atoms with Crippen molar-refractivity contribution in [2.45, 2.75) is 12.7 Å². The summed E-state index contributed by atoms with van der Waals surface area (Å²) < 4.78 is 45.0. The number of methoxy groups -OCH3 is 1. The number of carbonyl (C=O) groups is 1. The Morgan fingerprint density at radius 2 is 1.43 bits per heavy atom. The summed E-state index contributed by atoms with van der Waals surface area (Å²) in [5.74, 6) is 0.623. The molecule has 0 fully saturated rings. The van der Waals surface area contributed by atoms with Gasteiger partial charge in [0, 0.05) is 11.4 Å². The van der Waals surface area contributed by atoms with Gasteiger partial charge in [-0.15, -0.1) is 0 Å². The maximum Gasteiger partial charge on any atom is 0.416 e. The zero-order valence-corrected chi connectivity index (χ0v) is 19.9. The van der Waals surface area contributed by atoms with Crippen LogP contribution in [-0.4, -0.2) is 13.1 Å². The molecule has 0 saturated carbocycles. The molecule has 0 aliphatic rings. The topological polar surface area (TPSA) is 41.6 Å². The van der Waals surface area contributed by atoms with Crippen molar-refractivity contribution < 1.29 is 22.7 Å². The Bertz CT molecular complexity index is 1530. The maximum atomic E-state index is 13.6. The van der Waals surface area contributed by atoms with Gasteiger partial charge in [-0.1, -0.05) is 54.6 Å². The number of halogens is 3. The Hall–Kier alpha value is -4.52. The van der Waals surface area contributed by atoms with Crippen molar-refractivity contribution in [2.24, 2.45) is 0 Å². The quantitative estimate of drug-likeness (QED) is 0.247. The molecule has 5 aromatic carbocycles. The molecule has 5 rings (SSSR count). The number of hydrogen-bond donors (Lipinski definition) is 1. The third kappa shape index (κ3) is 5.07. The van der Waals surface area contributed by atoms with E-state index in [1.807, 2.05) is 48.5 Å². The number of nitrogens with zero attached hydrogens (tertiary/aromatic N) is 1. The lowest BCUT2D eigenvalue weighted by molar-refractivity contribution is -0.137. The summed E-state index contributed by atoms with van der Waals surface area (Å²) in [6.07, 6.45) is -4.52. The zero-order valence-electron chi connectivity index (χ0n) is 19.9. The average Bonchev–Trinajstić information content (AvgIpc) is 2.91. The second-order valence-corrected chi connectivity index (χ2v) is 8.59. The molecule has 2 amide bonds. The normalized spacial score (nSPS) is 11.5. The SMILES string of the molecule is COc1ccc(N(Cc2c3ccccc3cc3ccccc23)C(=O)Nc2cccc(C(F)(F)F)c2)cc1. The van der Waals surface area contributed by atoms with Crippen molar-refractivity contribution in [3.63, 3.8) is 0 Å². The van der Waals surface area contributed by atoms with E-state index in [0.29, 0.717) is 11.4 Å².